The van der Waals surface area contributed by atoms with E-state index in [1.54, 1.807) is 12.3 Å². The Hall–Kier alpha value is -3.61. The van der Waals surface area contributed by atoms with Gasteiger partial charge in [-0.1, -0.05) is 35.5 Å². The molecule has 0 bridgehead atoms. The van der Waals surface area contributed by atoms with Gasteiger partial charge in [0, 0.05) is 17.4 Å². The summed E-state index contributed by atoms with van der Waals surface area (Å²) in [6, 6.07) is 14.0. The number of aryl methyl sites for hydroxylation is 1. The maximum atomic E-state index is 13.3. The first-order valence-corrected chi connectivity index (χ1v) is 7.93. The van der Waals surface area contributed by atoms with Crippen molar-refractivity contribution in [3.05, 3.63) is 72.4 Å². The first-order chi connectivity index (χ1) is 12.7. The summed E-state index contributed by atoms with van der Waals surface area (Å²) in [5.41, 5.74) is 2.90. The van der Waals surface area contributed by atoms with Gasteiger partial charge in [0.1, 0.15) is 23.5 Å². The Kier molecular flexibility index (Phi) is 4.10. The van der Waals surface area contributed by atoms with Crippen LogP contribution in [0.2, 0.25) is 0 Å². The minimum absolute atomic E-state index is 0.291. The third-order valence-corrected chi connectivity index (χ3v) is 3.84. The minimum atomic E-state index is -0.291. The lowest BCUT2D eigenvalue weighted by Gasteiger charge is -2.10. The number of nitrogens with zero attached hydrogens (tertiary/aromatic N) is 4. The van der Waals surface area contributed by atoms with Gasteiger partial charge in [-0.15, -0.1) is 0 Å². The van der Waals surface area contributed by atoms with Gasteiger partial charge >= 0.3 is 0 Å². The van der Waals surface area contributed by atoms with E-state index in [4.69, 9.17) is 4.52 Å². The van der Waals surface area contributed by atoms with Gasteiger partial charge in [-0.3, -0.25) is 0 Å². The third-order valence-electron chi connectivity index (χ3n) is 3.84. The summed E-state index contributed by atoms with van der Waals surface area (Å²) in [5, 5.41) is 7.19. The van der Waals surface area contributed by atoms with Gasteiger partial charge in [0.2, 0.25) is 5.82 Å². The molecule has 0 radical (unpaired) electrons. The molecule has 7 heteroatoms. The summed E-state index contributed by atoms with van der Waals surface area (Å²) in [7, 11) is 0. The highest BCUT2D eigenvalue weighted by Crippen LogP contribution is 2.29. The van der Waals surface area contributed by atoms with Crippen molar-refractivity contribution in [1.29, 1.82) is 0 Å². The molecule has 6 nitrogen and oxygen atoms in total. The lowest BCUT2D eigenvalue weighted by atomic mass is 10.2. The molecule has 2 aromatic heterocycles. The molecule has 0 aliphatic heterocycles. The normalized spacial score (nSPS) is 10.7. The molecule has 0 saturated heterocycles. The molecule has 26 heavy (non-hydrogen) atoms. The van der Waals surface area contributed by atoms with Crippen LogP contribution in [0, 0.1) is 12.7 Å². The molecule has 0 aliphatic carbocycles. The smallest absolute Gasteiger partial charge is 0.263 e. The number of rotatable bonds is 4. The second-order valence-corrected chi connectivity index (χ2v) is 5.66. The number of halogens is 1. The van der Waals surface area contributed by atoms with E-state index in [-0.39, 0.29) is 5.82 Å². The van der Waals surface area contributed by atoms with E-state index in [2.05, 4.69) is 25.4 Å². The second-order valence-electron chi connectivity index (χ2n) is 5.66. The van der Waals surface area contributed by atoms with Gasteiger partial charge in [0.15, 0.2) is 0 Å². The molecular weight excluding hydrogens is 333 g/mol. The Bertz CT molecular complexity index is 1050. The Morgan fingerprint density at radius 3 is 2.73 bits per heavy atom. The van der Waals surface area contributed by atoms with Crippen LogP contribution in [0.4, 0.5) is 15.9 Å². The Balaban J connectivity index is 1.69. The Morgan fingerprint density at radius 1 is 1.08 bits per heavy atom. The van der Waals surface area contributed by atoms with Crippen molar-refractivity contribution in [3.8, 4) is 22.8 Å². The summed E-state index contributed by atoms with van der Waals surface area (Å²) in [6.45, 7) is 1.81. The Labute approximate surface area is 148 Å². The number of benzene rings is 2. The molecule has 0 fully saturated rings. The quantitative estimate of drug-likeness (QED) is 0.590. The van der Waals surface area contributed by atoms with Crippen molar-refractivity contribution in [3.63, 3.8) is 0 Å². The monoisotopic (exact) mass is 347 g/mol. The van der Waals surface area contributed by atoms with E-state index >= 15 is 0 Å². The fourth-order valence-electron chi connectivity index (χ4n) is 2.52. The highest BCUT2D eigenvalue weighted by molar-refractivity contribution is 5.74. The van der Waals surface area contributed by atoms with Crippen molar-refractivity contribution in [1.82, 2.24) is 20.1 Å². The molecule has 0 aliphatic rings. The first kappa shape index (κ1) is 15.9. The van der Waals surface area contributed by atoms with Gasteiger partial charge in [-0.25, -0.2) is 14.4 Å². The van der Waals surface area contributed by atoms with Crippen LogP contribution < -0.4 is 5.32 Å². The van der Waals surface area contributed by atoms with Gasteiger partial charge < -0.3 is 9.84 Å². The van der Waals surface area contributed by atoms with Gasteiger partial charge in [-0.2, -0.15) is 4.98 Å². The highest BCUT2D eigenvalue weighted by Gasteiger charge is 2.16. The zero-order valence-corrected chi connectivity index (χ0v) is 13.8. The fourth-order valence-corrected chi connectivity index (χ4v) is 2.52. The van der Waals surface area contributed by atoms with Crippen LogP contribution in [0.5, 0.6) is 0 Å². The molecule has 2 aromatic carbocycles. The van der Waals surface area contributed by atoms with Crippen LogP contribution in [0.3, 0.4) is 0 Å². The average molecular weight is 347 g/mol. The molecular formula is C19H14FN5O. The van der Waals surface area contributed by atoms with Gasteiger partial charge in [0.05, 0.1) is 0 Å². The van der Waals surface area contributed by atoms with Crippen LogP contribution in [0.1, 0.15) is 5.56 Å². The van der Waals surface area contributed by atoms with Crippen molar-refractivity contribution in [2.75, 3.05) is 5.32 Å². The van der Waals surface area contributed by atoms with Crippen LogP contribution in [0.25, 0.3) is 22.8 Å². The number of hydrogen-bond donors (Lipinski definition) is 1. The molecule has 4 aromatic rings. The van der Waals surface area contributed by atoms with Crippen molar-refractivity contribution in [2.45, 2.75) is 6.92 Å². The maximum absolute atomic E-state index is 13.3. The standard InChI is InChI=1S/C19H14FN5O/c1-12-9-14(20)7-8-16(12)23-18-15(10-21-11-22-18)19-24-17(25-26-19)13-5-3-2-4-6-13/h2-11H,1H3,(H,21,22,23). The molecule has 0 saturated carbocycles. The zero-order chi connectivity index (χ0) is 17.9. The third kappa shape index (κ3) is 3.14. The lowest BCUT2D eigenvalue weighted by Crippen LogP contribution is -1.99. The number of anilines is 2. The van der Waals surface area contributed by atoms with Crippen LogP contribution in [-0.2, 0) is 0 Å². The molecule has 0 spiro atoms. The predicted octanol–water partition coefficient (Wildman–Crippen LogP) is 4.38. The van der Waals surface area contributed by atoms with Gasteiger partial charge in [-0.05, 0) is 30.7 Å². The molecule has 4 rings (SSSR count). The maximum Gasteiger partial charge on any atom is 0.263 e. The molecule has 2 heterocycles. The van der Waals surface area contributed by atoms with Crippen molar-refractivity contribution < 1.29 is 8.91 Å². The topological polar surface area (TPSA) is 76.7 Å². The zero-order valence-electron chi connectivity index (χ0n) is 13.8. The van der Waals surface area contributed by atoms with Crippen molar-refractivity contribution >= 4 is 11.5 Å². The lowest BCUT2D eigenvalue weighted by molar-refractivity contribution is 0.432. The van der Waals surface area contributed by atoms with E-state index in [0.29, 0.717) is 23.1 Å². The summed E-state index contributed by atoms with van der Waals surface area (Å²) in [4.78, 5) is 12.7. The summed E-state index contributed by atoms with van der Waals surface area (Å²) >= 11 is 0. The number of aromatic nitrogens is 4. The van der Waals surface area contributed by atoms with Gasteiger partial charge in [0.25, 0.3) is 5.89 Å². The van der Waals surface area contributed by atoms with E-state index in [9.17, 15) is 4.39 Å². The molecule has 0 amide bonds. The van der Waals surface area contributed by atoms with Crippen LogP contribution in [0.15, 0.2) is 65.6 Å². The van der Waals surface area contributed by atoms with E-state index in [1.807, 2.05) is 37.3 Å². The fraction of sp³-hybridized carbons (Fsp3) is 0.0526. The SMILES string of the molecule is Cc1cc(F)ccc1Nc1ncncc1-c1nc(-c2ccccc2)no1. The molecule has 0 unspecified atom stereocenters. The Morgan fingerprint density at radius 2 is 1.92 bits per heavy atom. The van der Waals surface area contributed by atoms with Crippen molar-refractivity contribution in [2.24, 2.45) is 0 Å². The van der Waals surface area contributed by atoms with E-state index < -0.39 is 0 Å². The first-order valence-electron chi connectivity index (χ1n) is 7.93. The minimum Gasteiger partial charge on any atom is -0.339 e. The van der Waals surface area contributed by atoms with E-state index in [1.165, 1.54) is 18.5 Å². The molecule has 128 valence electrons. The predicted molar refractivity (Wildman–Crippen MR) is 95.2 cm³/mol. The summed E-state index contributed by atoms with van der Waals surface area (Å²) in [5.74, 6) is 0.985. The highest BCUT2D eigenvalue weighted by atomic mass is 19.1. The molecule has 0 atom stereocenters. The molecule has 1 N–H and O–H groups in total. The second kappa shape index (κ2) is 6.72. The summed E-state index contributed by atoms with van der Waals surface area (Å²) < 4.78 is 18.7. The van der Waals surface area contributed by atoms with Crippen LogP contribution >= 0.6 is 0 Å². The summed E-state index contributed by atoms with van der Waals surface area (Å²) in [6.07, 6.45) is 3.01. The van der Waals surface area contributed by atoms with E-state index in [0.717, 1.165) is 16.8 Å². The number of hydrogen-bond acceptors (Lipinski definition) is 6. The average Bonchev–Trinajstić information content (AvgIpc) is 3.15. The number of nitrogens with one attached hydrogen (secondary N) is 1. The largest absolute Gasteiger partial charge is 0.339 e. The van der Waals surface area contributed by atoms with Crippen LogP contribution in [-0.4, -0.2) is 20.1 Å².